The van der Waals surface area contributed by atoms with Gasteiger partial charge >= 0.3 is 5.97 Å². The quantitative estimate of drug-likeness (QED) is 0.259. The van der Waals surface area contributed by atoms with Crippen molar-refractivity contribution in [1.82, 2.24) is 15.1 Å². The smallest absolute Gasteiger partial charge is 0.309 e. The highest BCUT2D eigenvalue weighted by Gasteiger charge is 2.29. The molecule has 1 atom stereocenters. The van der Waals surface area contributed by atoms with Gasteiger partial charge in [0.05, 0.1) is 31.4 Å². The van der Waals surface area contributed by atoms with Crippen molar-refractivity contribution in [2.75, 3.05) is 45.9 Å². The average Bonchev–Trinajstić information content (AvgIpc) is 3.42. The summed E-state index contributed by atoms with van der Waals surface area (Å²) < 4.78 is 10.9. The van der Waals surface area contributed by atoms with Gasteiger partial charge < -0.3 is 19.4 Å². The molecule has 2 saturated heterocycles. The van der Waals surface area contributed by atoms with Crippen molar-refractivity contribution in [2.24, 2.45) is 10.9 Å². The molecule has 0 aromatic carbocycles. The maximum Gasteiger partial charge on any atom is 0.309 e. The molecule has 29 heavy (non-hydrogen) atoms. The van der Waals surface area contributed by atoms with Gasteiger partial charge in [-0.05, 0) is 64.8 Å². The van der Waals surface area contributed by atoms with Gasteiger partial charge in [0, 0.05) is 19.6 Å². The number of carbonyl (C=O) groups is 1. The number of hydrogen-bond donors (Lipinski definition) is 1. The van der Waals surface area contributed by atoms with Gasteiger partial charge in [0.25, 0.3) is 0 Å². The van der Waals surface area contributed by atoms with Crippen LogP contribution in [0.15, 0.2) is 27.8 Å². The molecule has 1 N–H and O–H groups in total. The highest BCUT2D eigenvalue weighted by atomic mass is 127. The molecule has 2 fully saturated rings. The highest BCUT2D eigenvalue weighted by molar-refractivity contribution is 14.0. The Kier molecular flexibility index (Phi) is 10.3. The molecular weight excluding hydrogens is 483 g/mol. The second-order valence-corrected chi connectivity index (χ2v) is 7.48. The predicted molar refractivity (Wildman–Crippen MR) is 125 cm³/mol. The van der Waals surface area contributed by atoms with E-state index < -0.39 is 0 Å². The zero-order valence-electron chi connectivity index (χ0n) is 17.6. The number of piperidine rings is 1. The molecule has 0 amide bonds. The number of likely N-dealkylation sites (tertiary alicyclic amines) is 2. The van der Waals surface area contributed by atoms with Crippen molar-refractivity contribution < 1.29 is 13.9 Å². The Morgan fingerprint density at radius 1 is 1.28 bits per heavy atom. The van der Waals surface area contributed by atoms with E-state index in [0.717, 1.165) is 57.3 Å². The highest BCUT2D eigenvalue weighted by Crippen LogP contribution is 2.26. The lowest BCUT2D eigenvalue weighted by atomic mass is 9.97. The predicted octanol–water partition coefficient (Wildman–Crippen LogP) is 3.28. The Balaban J connectivity index is 0.00000300. The molecule has 1 aromatic heterocycles. The van der Waals surface area contributed by atoms with Crippen LogP contribution in [-0.4, -0.2) is 67.6 Å². The maximum absolute atomic E-state index is 12.0. The number of carbonyl (C=O) groups excluding carboxylic acids is 1. The largest absolute Gasteiger partial charge is 0.468 e. The normalized spacial score (nSPS) is 19.7. The summed E-state index contributed by atoms with van der Waals surface area (Å²) in [5, 5.41) is 3.42. The van der Waals surface area contributed by atoms with Gasteiger partial charge in [-0.25, -0.2) is 0 Å². The third kappa shape index (κ3) is 6.60. The van der Waals surface area contributed by atoms with E-state index in [9.17, 15) is 4.79 Å². The van der Waals surface area contributed by atoms with Gasteiger partial charge in [0.15, 0.2) is 5.96 Å². The lowest BCUT2D eigenvalue weighted by Crippen LogP contribution is -2.47. The molecule has 2 aliphatic heterocycles. The minimum Gasteiger partial charge on any atom is -0.468 e. The van der Waals surface area contributed by atoms with Crippen LogP contribution < -0.4 is 5.32 Å². The molecule has 8 heteroatoms. The molecule has 3 rings (SSSR count). The van der Waals surface area contributed by atoms with E-state index in [-0.39, 0.29) is 41.9 Å². The van der Waals surface area contributed by atoms with Gasteiger partial charge in [-0.15, -0.1) is 24.0 Å². The van der Waals surface area contributed by atoms with E-state index >= 15 is 0 Å². The molecule has 0 spiro atoms. The minimum absolute atomic E-state index is 0. The molecule has 0 aliphatic carbocycles. The molecule has 1 aromatic rings. The summed E-state index contributed by atoms with van der Waals surface area (Å²) >= 11 is 0. The zero-order chi connectivity index (χ0) is 19.8. The number of furan rings is 1. The molecule has 7 nitrogen and oxygen atoms in total. The Bertz CT molecular complexity index is 624. The number of hydrogen-bond acceptors (Lipinski definition) is 5. The average molecular weight is 518 g/mol. The Morgan fingerprint density at radius 3 is 2.59 bits per heavy atom. The molecular formula is C21H35IN4O3. The number of nitrogens with one attached hydrogen (secondary N) is 1. The van der Waals surface area contributed by atoms with E-state index in [2.05, 4.69) is 28.1 Å². The van der Waals surface area contributed by atoms with Gasteiger partial charge in [-0.1, -0.05) is 0 Å². The Hall–Kier alpha value is -1.29. The lowest BCUT2D eigenvalue weighted by molar-refractivity contribution is -0.149. The topological polar surface area (TPSA) is 70.3 Å². The van der Waals surface area contributed by atoms with Crippen LogP contribution in [0.5, 0.6) is 0 Å². The molecule has 0 bridgehead atoms. The van der Waals surface area contributed by atoms with Crippen LogP contribution in [-0.2, 0) is 9.53 Å². The number of aliphatic imine (C=N–C) groups is 1. The number of halogens is 1. The van der Waals surface area contributed by atoms with E-state index in [1.54, 1.807) is 6.26 Å². The number of guanidine groups is 1. The fraction of sp³-hybridized carbons (Fsp3) is 0.714. The summed E-state index contributed by atoms with van der Waals surface area (Å²) in [5.74, 6) is 1.87. The fourth-order valence-corrected chi connectivity index (χ4v) is 4.11. The molecule has 1 unspecified atom stereocenters. The summed E-state index contributed by atoms with van der Waals surface area (Å²) in [4.78, 5) is 21.7. The number of esters is 1. The first kappa shape index (κ1) is 24.0. The Labute approximate surface area is 191 Å². The second kappa shape index (κ2) is 12.4. The van der Waals surface area contributed by atoms with Gasteiger partial charge in [-0.3, -0.25) is 14.7 Å². The van der Waals surface area contributed by atoms with Gasteiger partial charge in [0.1, 0.15) is 5.76 Å². The van der Waals surface area contributed by atoms with Crippen LogP contribution >= 0.6 is 24.0 Å². The minimum atomic E-state index is -0.0593. The number of nitrogens with zero attached hydrogens (tertiary/aromatic N) is 3. The first-order chi connectivity index (χ1) is 13.7. The van der Waals surface area contributed by atoms with Crippen molar-refractivity contribution in [3.05, 3.63) is 24.2 Å². The van der Waals surface area contributed by atoms with Gasteiger partial charge in [0.2, 0.25) is 0 Å². The lowest BCUT2D eigenvalue weighted by Gasteiger charge is -2.34. The van der Waals surface area contributed by atoms with Crippen LogP contribution in [0.2, 0.25) is 0 Å². The van der Waals surface area contributed by atoms with Crippen LogP contribution in [0.1, 0.15) is 51.3 Å². The summed E-state index contributed by atoms with van der Waals surface area (Å²) in [7, 11) is 0. The van der Waals surface area contributed by atoms with E-state index in [4.69, 9.17) is 14.1 Å². The van der Waals surface area contributed by atoms with Crippen molar-refractivity contribution in [3.8, 4) is 0 Å². The zero-order valence-corrected chi connectivity index (χ0v) is 20.0. The summed E-state index contributed by atoms with van der Waals surface area (Å²) in [6.07, 6.45) is 5.85. The number of ether oxygens (including phenoxy) is 1. The summed E-state index contributed by atoms with van der Waals surface area (Å²) in [6, 6.07) is 4.19. The maximum atomic E-state index is 12.0. The molecule has 0 saturated carbocycles. The van der Waals surface area contributed by atoms with E-state index in [1.807, 2.05) is 13.0 Å². The van der Waals surface area contributed by atoms with E-state index in [1.165, 1.54) is 12.8 Å². The van der Waals surface area contributed by atoms with Crippen molar-refractivity contribution in [3.63, 3.8) is 0 Å². The van der Waals surface area contributed by atoms with Crippen molar-refractivity contribution >= 4 is 35.9 Å². The monoisotopic (exact) mass is 518 g/mol. The second-order valence-electron chi connectivity index (χ2n) is 7.48. The van der Waals surface area contributed by atoms with Crippen LogP contribution in [0.25, 0.3) is 0 Å². The third-order valence-electron chi connectivity index (χ3n) is 5.62. The third-order valence-corrected chi connectivity index (χ3v) is 5.62. The summed E-state index contributed by atoms with van der Waals surface area (Å²) in [5.41, 5.74) is 0. The van der Waals surface area contributed by atoms with Crippen LogP contribution in [0.3, 0.4) is 0 Å². The standard InChI is InChI=1S/C21H34N4O3.HI/c1-3-22-21(25-13-9-17(10-14-25)20(26)27-4-2)23-16-18(19-8-7-15-28-19)24-11-5-6-12-24;/h7-8,15,17-18H,3-6,9-14,16H2,1-2H3,(H,22,23);1H. The van der Waals surface area contributed by atoms with Crippen molar-refractivity contribution in [1.29, 1.82) is 0 Å². The molecule has 0 radical (unpaired) electrons. The Morgan fingerprint density at radius 2 is 2.00 bits per heavy atom. The number of rotatable bonds is 7. The molecule has 164 valence electrons. The molecule has 2 aliphatic rings. The van der Waals surface area contributed by atoms with Crippen molar-refractivity contribution in [2.45, 2.75) is 45.6 Å². The van der Waals surface area contributed by atoms with Crippen LogP contribution in [0.4, 0.5) is 0 Å². The summed E-state index contributed by atoms with van der Waals surface area (Å²) in [6.45, 7) is 9.75. The van der Waals surface area contributed by atoms with Gasteiger partial charge in [-0.2, -0.15) is 0 Å². The fourth-order valence-electron chi connectivity index (χ4n) is 4.11. The van der Waals surface area contributed by atoms with Crippen LogP contribution in [0, 0.1) is 5.92 Å². The van der Waals surface area contributed by atoms with E-state index in [0.29, 0.717) is 13.2 Å². The first-order valence-electron chi connectivity index (χ1n) is 10.7. The first-order valence-corrected chi connectivity index (χ1v) is 10.7. The SMILES string of the molecule is CCNC(=NCC(c1ccco1)N1CCCC1)N1CCC(C(=O)OCC)CC1.I. The molecule has 3 heterocycles.